The Labute approximate surface area is 183 Å². The molecule has 7 heteroatoms. The fraction of sp³-hybridized carbons (Fsp3) is 0.458. The minimum Gasteiger partial charge on any atom is -0.493 e. The highest BCUT2D eigenvalue weighted by molar-refractivity contribution is 5.74. The van der Waals surface area contributed by atoms with Gasteiger partial charge in [0.15, 0.2) is 11.5 Å². The number of amides is 2. The number of nitrogens with zero attached hydrogens (tertiary/aromatic N) is 1. The number of carbonyl (C=O) groups is 1. The minimum atomic E-state index is -0.218. The zero-order valence-corrected chi connectivity index (χ0v) is 18.7. The molecule has 3 rings (SSSR count). The predicted octanol–water partition coefficient (Wildman–Crippen LogP) is 4.04. The summed E-state index contributed by atoms with van der Waals surface area (Å²) in [6, 6.07) is 10.4. The summed E-state index contributed by atoms with van der Waals surface area (Å²) in [4.78, 5) is 14.6. The molecule has 2 atom stereocenters. The summed E-state index contributed by atoms with van der Waals surface area (Å²) < 4.78 is 25.5. The monoisotopic (exact) mass is 429 g/mol. The molecule has 0 aliphatic carbocycles. The van der Waals surface area contributed by atoms with E-state index in [9.17, 15) is 9.18 Å². The number of hydrogen-bond donors (Lipinski definition) is 2. The summed E-state index contributed by atoms with van der Waals surface area (Å²) in [5, 5.41) is 5.93. The molecule has 0 saturated heterocycles. The number of rotatable bonds is 8. The molecule has 1 aliphatic rings. The summed E-state index contributed by atoms with van der Waals surface area (Å²) in [5.41, 5.74) is 2.87. The van der Waals surface area contributed by atoms with Crippen LogP contribution in [0.15, 0.2) is 36.4 Å². The predicted molar refractivity (Wildman–Crippen MR) is 119 cm³/mol. The normalized spacial score (nSPS) is 16.9. The van der Waals surface area contributed by atoms with Gasteiger partial charge in [0.2, 0.25) is 0 Å². The van der Waals surface area contributed by atoms with Gasteiger partial charge in [-0.3, -0.25) is 4.90 Å². The lowest BCUT2D eigenvalue weighted by Crippen LogP contribution is -2.51. The molecular formula is C24H32FN3O3. The Bertz CT molecular complexity index is 906. The van der Waals surface area contributed by atoms with Gasteiger partial charge in [0.05, 0.1) is 26.3 Å². The quantitative estimate of drug-likeness (QED) is 0.665. The van der Waals surface area contributed by atoms with Crippen molar-refractivity contribution in [1.82, 2.24) is 15.5 Å². The van der Waals surface area contributed by atoms with Gasteiger partial charge >= 0.3 is 6.03 Å². The van der Waals surface area contributed by atoms with Crippen molar-refractivity contribution < 1.29 is 18.7 Å². The van der Waals surface area contributed by atoms with Crippen molar-refractivity contribution in [3.05, 3.63) is 58.9 Å². The lowest BCUT2D eigenvalue weighted by atomic mass is 9.86. The minimum absolute atomic E-state index is 0.129. The summed E-state index contributed by atoms with van der Waals surface area (Å²) in [6.45, 7) is 5.69. The van der Waals surface area contributed by atoms with Crippen LogP contribution in [0.1, 0.15) is 43.0 Å². The molecular weight excluding hydrogens is 397 g/mol. The number of halogens is 1. The van der Waals surface area contributed by atoms with Crippen LogP contribution < -0.4 is 20.1 Å². The molecule has 0 radical (unpaired) electrons. The molecule has 2 aromatic carbocycles. The smallest absolute Gasteiger partial charge is 0.315 e. The first-order chi connectivity index (χ1) is 15.0. The highest BCUT2D eigenvalue weighted by atomic mass is 19.1. The van der Waals surface area contributed by atoms with Crippen molar-refractivity contribution in [1.29, 1.82) is 0 Å². The second-order valence-corrected chi connectivity index (χ2v) is 7.68. The van der Waals surface area contributed by atoms with Gasteiger partial charge in [-0.1, -0.05) is 25.1 Å². The first kappa shape index (κ1) is 22.9. The summed E-state index contributed by atoms with van der Waals surface area (Å²) in [6.07, 6.45) is 1.53. The molecule has 2 aromatic rings. The van der Waals surface area contributed by atoms with E-state index in [-0.39, 0.29) is 23.9 Å². The standard InChI is InChI=1S/C24H32FN3O3/c1-5-20(27-24(29)26-6-2)23-18-14-22(31-4)21(30-3)13-16(18)11-12-28(23)15-17-9-7-8-10-19(17)25/h7-10,13-14,20,23H,5-6,11-12,15H2,1-4H3,(H2,26,27,29)/t20-,23-/m0/s1. The van der Waals surface area contributed by atoms with E-state index in [1.165, 1.54) is 6.07 Å². The van der Waals surface area contributed by atoms with E-state index in [4.69, 9.17) is 9.47 Å². The summed E-state index contributed by atoms with van der Waals surface area (Å²) in [7, 11) is 3.24. The Hall–Kier alpha value is -2.80. The second-order valence-electron chi connectivity index (χ2n) is 7.68. The van der Waals surface area contributed by atoms with Crippen LogP contribution in [0.2, 0.25) is 0 Å². The average molecular weight is 430 g/mol. The molecule has 31 heavy (non-hydrogen) atoms. The van der Waals surface area contributed by atoms with Crippen LogP contribution in [0, 0.1) is 5.82 Å². The van der Waals surface area contributed by atoms with Crippen LogP contribution in [0.5, 0.6) is 11.5 Å². The van der Waals surface area contributed by atoms with Crippen molar-refractivity contribution in [3.8, 4) is 11.5 Å². The van der Waals surface area contributed by atoms with Crippen molar-refractivity contribution in [2.45, 2.75) is 45.3 Å². The Kier molecular flexibility index (Phi) is 7.74. The maximum Gasteiger partial charge on any atom is 0.315 e. The molecule has 0 bridgehead atoms. The van der Waals surface area contributed by atoms with E-state index in [1.807, 2.05) is 38.1 Å². The van der Waals surface area contributed by atoms with Crippen molar-refractivity contribution in [2.24, 2.45) is 0 Å². The summed E-state index contributed by atoms with van der Waals surface area (Å²) in [5.74, 6) is 1.11. The Morgan fingerprint density at radius 1 is 1.19 bits per heavy atom. The molecule has 0 saturated carbocycles. The zero-order valence-electron chi connectivity index (χ0n) is 18.7. The second kappa shape index (κ2) is 10.5. The number of methoxy groups -OCH3 is 2. The van der Waals surface area contributed by atoms with Crippen molar-refractivity contribution in [3.63, 3.8) is 0 Å². The molecule has 0 spiro atoms. The average Bonchev–Trinajstić information content (AvgIpc) is 2.78. The van der Waals surface area contributed by atoms with E-state index in [2.05, 4.69) is 15.5 Å². The van der Waals surface area contributed by atoms with Crippen LogP contribution in [0.4, 0.5) is 9.18 Å². The lowest BCUT2D eigenvalue weighted by Gasteiger charge is -2.42. The van der Waals surface area contributed by atoms with Crippen molar-refractivity contribution in [2.75, 3.05) is 27.3 Å². The number of benzene rings is 2. The molecule has 1 heterocycles. The zero-order chi connectivity index (χ0) is 22.4. The van der Waals surface area contributed by atoms with Crippen LogP contribution in [0.3, 0.4) is 0 Å². The maximum absolute atomic E-state index is 14.4. The van der Waals surface area contributed by atoms with E-state index in [1.54, 1.807) is 20.3 Å². The Morgan fingerprint density at radius 3 is 2.55 bits per heavy atom. The van der Waals surface area contributed by atoms with E-state index >= 15 is 0 Å². The van der Waals surface area contributed by atoms with Gasteiger partial charge in [-0.25, -0.2) is 9.18 Å². The fourth-order valence-corrected chi connectivity index (χ4v) is 4.31. The van der Waals surface area contributed by atoms with E-state index in [0.717, 1.165) is 30.5 Å². The third-order valence-electron chi connectivity index (χ3n) is 5.83. The highest BCUT2D eigenvalue weighted by Crippen LogP contribution is 2.40. The molecule has 0 aromatic heterocycles. The molecule has 168 valence electrons. The van der Waals surface area contributed by atoms with Gasteiger partial charge in [-0.15, -0.1) is 0 Å². The largest absolute Gasteiger partial charge is 0.493 e. The number of fused-ring (bicyclic) bond motifs is 1. The van der Waals surface area contributed by atoms with Gasteiger partial charge in [0.1, 0.15) is 5.82 Å². The summed E-state index contributed by atoms with van der Waals surface area (Å²) >= 11 is 0. The number of nitrogens with one attached hydrogen (secondary N) is 2. The van der Waals surface area contributed by atoms with Crippen LogP contribution in [0.25, 0.3) is 0 Å². The fourth-order valence-electron chi connectivity index (χ4n) is 4.31. The van der Waals surface area contributed by atoms with E-state index < -0.39 is 0 Å². The maximum atomic E-state index is 14.4. The molecule has 1 aliphatic heterocycles. The van der Waals surface area contributed by atoms with Crippen LogP contribution in [-0.4, -0.2) is 44.3 Å². The highest BCUT2D eigenvalue weighted by Gasteiger charge is 2.35. The van der Waals surface area contributed by atoms with Gasteiger partial charge < -0.3 is 20.1 Å². The number of ether oxygens (including phenoxy) is 2. The van der Waals surface area contributed by atoms with Crippen molar-refractivity contribution >= 4 is 6.03 Å². The van der Waals surface area contributed by atoms with Gasteiger partial charge in [0.25, 0.3) is 0 Å². The number of urea groups is 1. The van der Waals surface area contributed by atoms with Gasteiger partial charge in [-0.05, 0) is 49.1 Å². The number of hydrogen-bond acceptors (Lipinski definition) is 4. The molecule has 6 nitrogen and oxygen atoms in total. The topological polar surface area (TPSA) is 62.8 Å². The molecule has 0 unspecified atom stereocenters. The lowest BCUT2D eigenvalue weighted by molar-refractivity contribution is 0.134. The Balaban J connectivity index is 2.03. The van der Waals surface area contributed by atoms with Gasteiger partial charge in [0, 0.05) is 25.2 Å². The first-order valence-electron chi connectivity index (χ1n) is 10.8. The first-order valence-corrected chi connectivity index (χ1v) is 10.8. The Morgan fingerprint density at radius 2 is 1.90 bits per heavy atom. The van der Waals surface area contributed by atoms with Crippen LogP contribution >= 0.6 is 0 Å². The van der Waals surface area contributed by atoms with Crippen LogP contribution in [-0.2, 0) is 13.0 Å². The number of carbonyl (C=O) groups excluding carboxylic acids is 1. The third-order valence-corrected chi connectivity index (χ3v) is 5.83. The molecule has 0 fully saturated rings. The SMILES string of the molecule is CCNC(=O)N[C@@H](CC)[C@@H]1c2cc(OC)c(OC)cc2CCN1Cc1ccccc1F. The molecule has 2 amide bonds. The molecule has 2 N–H and O–H groups in total. The third kappa shape index (κ3) is 5.10. The van der Waals surface area contributed by atoms with Gasteiger partial charge in [-0.2, -0.15) is 0 Å². The van der Waals surface area contributed by atoms with E-state index in [0.29, 0.717) is 30.2 Å².